The van der Waals surface area contributed by atoms with Crippen molar-refractivity contribution in [3.05, 3.63) is 35.4 Å². The van der Waals surface area contributed by atoms with Crippen LogP contribution in [0.1, 0.15) is 36.5 Å². The molecule has 0 amide bonds. The Morgan fingerprint density at radius 2 is 2.07 bits per heavy atom. The Morgan fingerprint density at radius 1 is 1.33 bits per heavy atom. The van der Waals surface area contributed by atoms with Gasteiger partial charge in [-0.05, 0) is 42.9 Å². The third kappa shape index (κ3) is 2.21. The van der Waals surface area contributed by atoms with Crippen molar-refractivity contribution < 1.29 is 5.11 Å². The molecule has 1 unspecified atom stereocenters. The zero-order chi connectivity index (χ0) is 10.7. The summed E-state index contributed by atoms with van der Waals surface area (Å²) in [5.74, 6) is 0.476. The van der Waals surface area contributed by atoms with E-state index >= 15 is 0 Å². The van der Waals surface area contributed by atoms with E-state index in [1.165, 1.54) is 12.0 Å². The van der Waals surface area contributed by atoms with Crippen LogP contribution < -0.4 is 5.73 Å². The maximum absolute atomic E-state index is 10.2. The van der Waals surface area contributed by atoms with Crippen LogP contribution in [-0.2, 0) is 6.42 Å². The standard InChI is InChI=1S/C13H19NO/c14-9-8-10-4-1-2-7-12(10)13(15)11-5-3-6-11/h1-2,4,7,11,13,15H,3,5-6,8-9,14H2. The summed E-state index contributed by atoms with van der Waals surface area (Å²) in [6.07, 6.45) is 4.18. The van der Waals surface area contributed by atoms with E-state index in [1.807, 2.05) is 18.2 Å². The van der Waals surface area contributed by atoms with Gasteiger partial charge in [-0.2, -0.15) is 0 Å². The van der Waals surface area contributed by atoms with Crippen molar-refractivity contribution in [1.82, 2.24) is 0 Å². The van der Waals surface area contributed by atoms with E-state index in [0.717, 1.165) is 24.8 Å². The molecule has 1 saturated carbocycles. The van der Waals surface area contributed by atoms with Gasteiger partial charge in [-0.1, -0.05) is 30.7 Å². The fraction of sp³-hybridized carbons (Fsp3) is 0.538. The monoisotopic (exact) mass is 205 g/mol. The van der Waals surface area contributed by atoms with E-state index in [9.17, 15) is 5.11 Å². The highest BCUT2D eigenvalue weighted by molar-refractivity contribution is 5.30. The second-order valence-corrected chi connectivity index (χ2v) is 4.37. The van der Waals surface area contributed by atoms with Gasteiger partial charge in [0.1, 0.15) is 0 Å². The third-order valence-electron chi connectivity index (χ3n) is 3.38. The lowest BCUT2D eigenvalue weighted by Gasteiger charge is -2.31. The van der Waals surface area contributed by atoms with Crippen LogP contribution in [0.25, 0.3) is 0 Å². The number of aliphatic hydroxyl groups excluding tert-OH is 1. The molecule has 1 aliphatic carbocycles. The first-order valence-electron chi connectivity index (χ1n) is 5.79. The molecule has 1 atom stereocenters. The first-order chi connectivity index (χ1) is 7.33. The van der Waals surface area contributed by atoms with Crippen LogP contribution in [0, 0.1) is 5.92 Å². The summed E-state index contributed by atoms with van der Waals surface area (Å²) in [7, 11) is 0. The third-order valence-corrected chi connectivity index (χ3v) is 3.38. The predicted molar refractivity (Wildman–Crippen MR) is 61.5 cm³/mol. The summed E-state index contributed by atoms with van der Waals surface area (Å²) >= 11 is 0. The summed E-state index contributed by atoms with van der Waals surface area (Å²) in [6, 6.07) is 8.12. The van der Waals surface area contributed by atoms with Crippen molar-refractivity contribution in [3.8, 4) is 0 Å². The average Bonchev–Trinajstić information content (AvgIpc) is 2.16. The number of aliphatic hydroxyl groups is 1. The predicted octanol–water partition coefficient (Wildman–Crippen LogP) is 2.02. The Kier molecular flexibility index (Phi) is 3.39. The molecule has 3 N–H and O–H groups in total. The van der Waals surface area contributed by atoms with Gasteiger partial charge in [-0.15, -0.1) is 0 Å². The minimum Gasteiger partial charge on any atom is -0.388 e. The molecule has 0 aromatic heterocycles. The number of hydrogen-bond donors (Lipinski definition) is 2. The van der Waals surface area contributed by atoms with E-state index in [4.69, 9.17) is 5.73 Å². The zero-order valence-corrected chi connectivity index (χ0v) is 9.02. The van der Waals surface area contributed by atoms with Gasteiger partial charge in [0.25, 0.3) is 0 Å². The average molecular weight is 205 g/mol. The number of hydrogen-bond acceptors (Lipinski definition) is 2. The molecule has 1 aromatic carbocycles. The molecule has 1 fully saturated rings. The van der Waals surface area contributed by atoms with Gasteiger partial charge in [0.2, 0.25) is 0 Å². The highest BCUT2D eigenvalue weighted by Crippen LogP contribution is 2.38. The summed E-state index contributed by atoms with van der Waals surface area (Å²) in [4.78, 5) is 0. The molecule has 82 valence electrons. The Labute approximate surface area is 91.1 Å². The molecule has 0 spiro atoms. The first kappa shape index (κ1) is 10.7. The lowest BCUT2D eigenvalue weighted by atomic mass is 9.77. The Balaban J connectivity index is 2.17. The molecule has 0 bridgehead atoms. The first-order valence-corrected chi connectivity index (χ1v) is 5.79. The van der Waals surface area contributed by atoms with Gasteiger partial charge in [0, 0.05) is 0 Å². The molecule has 0 heterocycles. The summed E-state index contributed by atoms with van der Waals surface area (Å²) in [5, 5.41) is 10.2. The van der Waals surface area contributed by atoms with Crippen molar-refractivity contribution in [3.63, 3.8) is 0 Å². The molecule has 15 heavy (non-hydrogen) atoms. The topological polar surface area (TPSA) is 46.2 Å². The fourth-order valence-electron chi connectivity index (χ4n) is 2.22. The number of benzene rings is 1. The Hall–Kier alpha value is -0.860. The van der Waals surface area contributed by atoms with Crippen LogP contribution in [0.4, 0.5) is 0 Å². The lowest BCUT2D eigenvalue weighted by molar-refractivity contribution is 0.0614. The van der Waals surface area contributed by atoms with Crippen molar-refractivity contribution in [2.75, 3.05) is 6.54 Å². The maximum atomic E-state index is 10.2. The van der Waals surface area contributed by atoms with E-state index < -0.39 is 0 Å². The molecular weight excluding hydrogens is 186 g/mol. The molecule has 1 aliphatic rings. The van der Waals surface area contributed by atoms with Crippen LogP contribution in [0.5, 0.6) is 0 Å². The second-order valence-electron chi connectivity index (χ2n) is 4.37. The lowest BCUT2D eigenvalue weighted by Crippen LogP contribution is -2.21. The molecule has 2 nitrogen and oxygen atoms in total. The van der Waals surface area contributed by atoms with E-state index in [0.29, 0.717) is 12.5 Å². The zero-order valence-electron chi connectivity index (χ0n) is 9.02. The van der Waals surface area contributed by atoms with Crippen molar-refractivity contribution in [1.29, 1.82) is 0 Å². The molecule has 1 aromatic rings. The summed E-state index contributed by atoms with van der Waals surface area (Å²) in [5.41, 5.74) is 7.87. The van der Waals surface area contributed by atoms with E-state index in [2.05, 4.69) is 6.07 Å². The normalized spacial score (nSPS) is 18.5. The fourth-order valence-corrected chi connectivity index (χ4v) is 2.22. The molecule has 0 radical (unpaired) electrons. The van der Waals surface area contributed by atoms with Crippen LogP contribution >= 0.6 is 0 Å². The second kappa shape index (κ2) is 4.77. The van der Waals surface area contributed by atoms with Gasteiger partial charge < -0.3 is 10.8 Å². The molecular formula is C13H19NO. The molecule has 2 heteroatoms. The SMILES string of the molecule is NCCc1ccccc1C(O)C1CCC1. The number of nitrogens with two attached hydrogens (primary N) is 1. The van der Waals surface area contributed by atoms with Gasteiger partial charge in [-0.25, -0.2) is 0 Å². The highest BCUT2D eigenvalue weighted by Gasteiger charge is 2.27. The van der Waals surface area contributed by atoms with Crippen LogP contribution in [-0.4, -0.2) is 11.7 Å². The Morgan fingerprint density at radius 3 is 2.67 bits per heavy atom. The highest BCUT2D eigenvalue weighted by atomic mass is 16.3. The largest absolute Gasteiger partial charge is 0.388 e. The minimum atomic E-state index is -0.276. The van der Waals surface area contributed by atoms with Crippen LogP contribution in [0.15, 0.2) is 24.3 Å². The summed E-state index contributed by atoms with van der Waals surface area (Å²) < 4.78 is 0. The summed E-state index contributed by atoms with van der Waals surface area (Å²) in [6.45, 7) is 0.647. The molecule has 2 rings (SSSR count). The molecule has 0 aliphatic heterocycles. The minimum absolute atomic E-state index is 0.276. The van der Waals surface area contributed by atoms with Gasteiger partial charge in [0.05, 0.1) is 6.10 Å². The van der Waals surface area contributed by atoms with Crippen molar-refractivity contribution in [2.24, 2.45) is 11.7 Å². The van der Waals surface area contributed by atoms with Crippen molar-refractivity contribution in [2.45, 2.75) is 31.8 Å². The smallest absolute Gasteiger partial charge is 0.0820 e. The van der Waals surface area contributed by atoms with Gasteiger partial charge >= 0.3 is 0 Å². The Bertz CT molecular complexity index is 320. The van der Waals surface area contributed by atoms with Crippen LogP contribution in [0.2, 0.25) is 0 Å². The van der Waals surface area contributed by atoms with Crippen LogP contribution in [0.3, 0.4) is 0 Å². The van der Waals surface area contributed by atoms with Crippen molar-refractivity contribution >= 4 is 0 Å². The van der Waals surface area contributed by atoms with Gasteiger partial charge in [-0.3, -0.25) is 0 Å². The number of rotatable bonds is 4. The molecule has 0 saturated heterocycles. The maximum Gasteiger partial charge on any atom is 0.0820 e. The quantitative estimate of drug-likeness (QED) is 0.790. The van der Waals surface area contributed by atoms with E-state index in [1.54, 1.807) is 0 Å². The van der Waals surface area contributed by atoms with E-state index in [-0.39, 0.29) is 6.10 Å². The van der Waals surface area contributed by atoms with Gasteiger partial charge in [0.15, 0.2) is 0 Å².